The van der Waals surface area contributed by atoms with Crippen molar-refractivity contribution in [1.82, 2.24) is 9.62 Å². The van der Waals surface area contributed by atoms with Crippen molar-refractivity contribution < 1.29 is 17.9 Å². The standard InChI is InChI=1S/C16H26N2O4S/c1-5-13(4)17-23(20,21)15-10-8-14(9-11-15)22-12-16(19)18(6-2)7-3/h8-11,13,17H,5-7,12H2,1-4H3. The van der Waals surface area contributed by atoms with Crippen LogP contribution in [0.5, 0.6) is 5.75 Å². The first-order chi connectivity index (χ1) is 10.8. The van der Waals surface area contributed by atoms with Crippen LogP contribution in [-0.2, 0) is 14.8 Å². The number of carbonyl (C=O) groups is 1. The van der Waals surface area contributed by atoms with Crippen molar-refractivity contribution in [2.45, 2.75) is 45.1 Å². The Morgan fingerprint density at radius 2 is 1.74 bits per heavy atom. The third-order valence-corrected chi connectivity index (χ3v) is 5.19. The van der Waals surface area contributed by atoms with Gasteiger partial charge in [0.25, 0.3) is 5.91 Å². The number of benzene rings is 1. The molecule has 7 heteroatoms. The third kappa shape index (κ3) is 5.84. The van der Waals surface area contributed by atoms with Crippen molar-refractivity contribution in [2.24, 2.45) is 0 Å². The Morgan fingerprint density at radius 1 is 1.17 bits per heavy atom. The van der Waals surface area contributed by atoms with Gasteiger partial charge in [0.2, 0.25) is 10.0 Å². The summed E-state index contributed by atoms with van der Waals surface area (Å²) in [7, 11) is -3.52. The van der Waals surface area contributed by atoms with Crippen LogP contribution in [0, 0.1) is 0 Å². The molecule has 0 heterocycles. The number of sulfonamides is 1. The molecule has 0 aromatic heterocycles. The van der Waals surface area contributed by atoms with Gasteiger partial charge in [-0.2, -0.15) is 0 Å². The number of amides is 1. The van der Waals surface area contributed by atoms with Gasteiger partial charge in [-0.15, -0.1) is 0 Å². The van der Waals surface area contributed by atoms with Crippen molar-refractivity contribution in [3.63, 3.8) is 0 Å². The van der Waals surface area contributed by atoms with Gasteiger partial charge < -0.3 is 9.64 Å². The predicted molar refractivity (Wildman–Crippen MR) is 89.9 cm³/mol. The van der Waals surface area contributed by atoms with Crippen LogP contribution in [0.25, 0.3) is 0 Å². The van der Waals surface area contributed by atoms with Crippen LogP contribution in [0.15, 0.2) is 29.2 Å². The van der Waals surface area contributed by atoms with Crippen LogP contribution in [-0.4, -0.2) is 45.0 Å². The first kappa shape index (κ1) is 19.4. The number of hydrogen-bond acceptors (Lipinski definition) is 4. The van der Waals surface area contributed by atoms with E-state index in [0.717, 1.165) is 0 Å². The van der Waals surface area contributed by atoms with Crippen molar-refractivity contribution in [3.8, 4) is 5.75 Å². The molecule has 0 aliphatic carbocycles. The molecule has 1 amide bonds. The summed E-state index contributed by atoms with van der Waals surface area (Å²) in [4.78, 5) is 13.7. The highest BCUT2D eigenvalue weighted by atomic mass is 32.2. The van der Waals surface area contributed by atoms with Crippen LogP contribution in [0.4, 0.5) is 0 Å². The third-order valence-electron chi connectivity index (χ3n) is 3.58. The van der Waals surface area contributed by atoms with Gasteiger partial charge in [0.05, 0.1) is 4.90 Å². The summed E-state index contributed by atoms with van der Waals surface area (Å²) in [6.45, 7) is 8.76. The van der Waals surface area contributed by atoms with E-state index in [1.54, 1.807) is 17.0 Å². The lowest BCUT2D eigenvalue weighted by molar-refractivity contribution is -0.132. The molecule has 0 spiro atoms. The minimum absolute atomic E-state index is 0.0567. The molecule has 1 aromatic carbocycles. The Kier molecular flexibility index (Phi) is 7.51. The van der Waals surface area contributed by atoms with E-state index in [-0.39, 0.29) is 23.5 Å². The molecule has 1 atom stereocenters. The van der Waals surface area contributed by atoms with Gasteiger partial charge in [0.15, 0.2) is 6.61 Å². The quantitative estimate of drug-likeness (QED) is 0.745. The van der Waals surface area contributed by atoms with E-state index in [1.165, 1.54) is 12.1 Å². The van der Waals surface area contributed by atoms with Crippen LogP contribution < -0.4 is 9.46 Å². The molecule has 0 radical (unpaired) electrons. The fourth-order valence-electron chi connectivity index (χ4n) is 1.94. The summed E-state index contributed by atoms with van der Waals surface area (Å²) >= 11 is 0. The van der Waals surface area contributed by atoms with Crippen LogP contribution in [0.2, 0.25) is 0 Å². The zero-order valence-corrected chi connectivity index (χ0v) is 15.0. The normalized spacial score (nSPS) is 12.7. The average Bonchev–Trinajstić information content (AvgIpc) is 2.54. The topological polar surface area (TPSA) is 75.7 Å². The lowest BCUT2D eigenvalue weighted by Crippen LogP contribution is -2.34. The van der Waals surface area contributed by atoms with Crippen molar-refractivity contribution >= 4 is 15.9 Å². The highest BCUT2D eigenvalue weighted by Crippen LogP contribution is 2.16. The molecule has 23 heavy (non-hydrogen) atoms. The van der Waals surface area contributed by atoms with Gasteiger partial charge in [-0.3, -0.25) is 4.79 Å². The number of nitrogens with one attached hydrogen (secondary N) is 1. The summed E-state index contributed by atoms with van der Waals surface area (Å²) in [5.41, 5.74) is 0. The van der Waals surface area contributed by atoms with E-state index < -0.39 is 10.0 Å². The van der Waals surface area contributed by atoms with Gasteiger partial charge in [0.1, 0.15) is 5.75 Å². The largest absolute Gasteiger partial charge is 0.484 e. The smallest absolute Gasteiger partial charge is 0.260 e. The monoisotopic (exact) mass is 342 g/mol. The molecule has 0 aliphatic heterocycles. The predicted octanol–water partition coefficient (Wildman–Crippen LogP) is 2.01. The molecule has 1 unspecified atom stereocenters. The maximum absolute atomic E-state index is 12.1. The molecule has 1 rings (SSSR count). The molecule has 0 saturated heterocycles. The van der Waals surface area contributed by atoms with Crippen molar-refractivity contribution in [3.05, 3.63) is 24.3 Å². The molecular weight excluding hydrogens is 316 g/mol. The van der Waals surface area contributed by atoms with E-state index >= 15 is 0 Å². The number of nitrogens with zero attached hydrogens (tertiary/aromatic N) is 1. The van der Waals surface area contributed by atoms with E-state index in [2.05, 4.69) is 4.72 Å². The zero-order chi connectivity index (χ0) is 17.5. The molecule has 1 aromatic rings. The molecule has 0 aliphatic rings. The van der Waals surface area contributed by atoms with E-state index in [1.807, 2.05) is 27.7 Å². The molecule has 130 valence electrons. The zero-order valence-electron chi connectivity index (χ0n) is 14.2. The first-order valence-electron chi connectivity index (χ1n) is 7.87. The summed E-state index contributed by atoms with van der Waals surface area (Å²) < 4.78 is 32.3. The molecule has 6 nitrogen and oxygen atoms in total. The Morgan fingerprint density at radius 3 is 2.22 bits per heavy atom. The molecule has 0 bridgehead atoms. The Balaban J connectivity index is 2.68. The number of hydrogen-bond donors (Lipinski definition) is 1. The average molecular weight is 342 g/mol. The SMILES string of the molecule is CCC(C)NS(=O)(=O)c1ccc(OCC(=O)N(CC)CC)cc1. The first-order valence-corrected chi connectivity index (χ1v) is 9.35. The second kappa shape index (κ2) is 8.88. The molecule has 0 saturated carbocycles. The van der Waals surface area contributed by atoms with Crippen molar-refractivity contribution in [2.75, 3.05) is 19.7 Å². The Hall–Kier alpha value is -1.60. The maximum Gasteiger partial charge on any atom is 0.260 e. The molecule has 1 N–H and O–H groups in total. The summed E-state index contributed by atoms with van der Waals surface area (Å²) in [5, 5.41) is 0. The number of rotatable bonds is 9. The fraction of sp³-hybridized carbons (Fsp3) is 0.562. The summed E-state index contributed by atoms with van der Waals surface area (Å²) in [6, 6.07) is 5.94. The highest BCUT2D eigenvalue weighted by Gasteiger charge is 2.16. The lowest BCUT2D eigenvalue weighted by Gasteiger charge is -2.18. The van der Waals surface area contributed by atoms with Gasteiger partial charge >= 0.3 is 0 Å². The summed E-state index contributed by atoms with van der Waals surface area (Å²) in [6.07, 6.45) is 0.716. The lowest BCUT2D eigenvalue weighted by atomic mass is 10.3. The van der Waals surface area contributed by atoms with Crippen LogP contribution in [0.1, 0.15) is 34.1 Å². The minimum Gasteiger partial charge on any atom is -0.484 e. The van der Waals surface area contributed by atoms with Gasteiger partial charge in [-0.25, -0.2) is 13.1 Å². The second-order valence-corrected chi connectivity index (χ2v) is 6.97. The Bertz CT molecular complexity index is 595. The van der Waals surface area contributed by atoms with Crippen molar-refractivity contribution in [1.29, 1.82) is 0 Å². The number of carbonyl (C=O) groups excluding carboxylic acids is 1. The van der Waals surface area contributed by atoms with E-state index in [4.69, 9.17) is 4.74 Å². The number of likely N-dealkylation sites (N-methyl/N-ethyl adjacent to an activating group) is 1. The van der Waals surface area contributed by atoms with Crippen LogP contribution >= 0.6 is 0 Å². The maximum atomic E-state index is 12.1. The van der Waals surface area contributed by atoms with E-state index in [9.17, 15) is 13.2 Å². The van der Waals surface area contributed by atoms with Gasteiger partial charge in [-0.05, 0) is 51.5 Å². The Labute approximate surface area is 138 Å². The molecule has 0 fully saturated rings. The van der Waals surface area contributed by atoms with E-state index in [0.29, 0.717) is 25.3 Å². The number of ether oxygens (including phenoxy) is 1. The van der Waals surface area contributed by atoms with Gasteiger partial charge in [0, 0.05) is 19.1 Å². The summed E-state index contributed by atoms with van der Waals surface area (Å²) in [5.74, 6) is 0.373. The second-order valence-electron chi connectivity index (χ2n) is 5.26. The highest BCUT2D eigenvalue weighted by molar-refractivity contribution is 7.89. The van der Waals surface area contributed by atoms with Crippen LogP contribution in [0.3, 0.4) is 0 Å². The minimum atomic E-state index is -3.52. The molecular formula is C16H26N2O4S. The fourth-order valence-corrected chi connectivity index (χ4v) is 3.27. The van der Waals surface area contributed by atoms with Gasteiger partial charge in [-0.1, -0.05) is 6.92 Å².